The molecule has 0 aliphatic heterocycles. The minimum atomic E-state index is -1.08. The number of nitrogens with zero attached hydrogens (tertiary/aromatic N) is 2. The van der Waals surface area contributed by atoms with E-state index in [2.05, 4.69) is 5.32 Å². The first-order chi connectivity index (χ1) is 11.8. The third kappa shape index (κ3) is 4.34. The molecule has 0 aliphatic carbocycles. The number of nitro benzene ring substituents is 2. The van der Waals surface area contributed by atoms with Gasteiger partial charge in [0.15, 0.2) is 0 Å². The third-order valence-corrected chi connectivity index (χ3v) is 3.24. The van der Waals surface area contributed by atoms with Crippen molar-refractivity contribution in [2.24, 2.45) is 0 Å². The Hall–Kier alpha value is -3.82. The molecule has 0 radical (unpaired) electrons. The van der Waals surface area contributed by atoms with E-state index in [4.69, 9.17) is 5.11 Å². The molecule has 2 rings (SSSR count). The van der Waals surface area contributed by atoms with Crippen molar-refractivity contribution in [2.75, 3.05) is 0 Å². The van der Waals surface area contributed by atoms with Crippen LogP contribution in [-0.2, 0) is 6.54 Å². The van der Waals surface area contributed by atoms with Crippen LogP contribution in [0.15, 0.2) is 42.5 Å². The number of hydrogen-bond acceptors (Lipinski definition) is 6. The summed E-state index contributed by atoms with van der Waals surface area (Å²) in [7, 11) is 0. The number of carbonyl (C=O) groups excluding carboxylic acids is 1. The van der Waals surface area contributed by atoms with E-state index >= 15 is 0 Å². The first kappa shape index (κ1) is 17.5. The average molecular weight is 345 g/mol. The Balaban J connectivity index is 2.16. The van der Waals surface area contributed by atoms with Crippen molar-refractivity contribution in [3.63, 3.8) is 0 Å². The quantitative estimate of drug-likeness (QED) is 0.600. The number of nitrogens with one attached hydrogen (secondary N) is 1. The molecule has 0 heterocycles. The van der Waals surface area contributed by atoms with Crippen molar-refractivity contribution in [1.82, 2.24) is 5.32 Å². The molecule has 0 saturated carbocycles. The van der Waals surface area contributed by atoms with Crippen molar-refractivity contribution in [2.45, 2.75) is 6.54 Å². The van der Waals surface area contributed by atoms with Gasteiger partial charge in [0, 0.05) is 18.7 Å². The first-order valence-corrected chi connectivity index (χ1v) is 6.82. The summed E-state index contributed by atoms with van der Waals surface area (Å²) in [6.45, 7) is 0.0230. The topological polar surface area (TPSA) is 153 Å². The second-order valence-corrected chi connectivity index (χ2v) is 4.94. The minimum absolute atomic E-state index is 0.0230. The molecule has 10 heteroatoms. The summed E-state index contributed by atoms with van der Waals surface area (Å²) >= 11 is 0. The standard InChI is InChI=1S/C15H11N3O7/c19-14(16-8-9-1-3-10(4-2-9)15(20)21)11-5-12(17(22)23)7-13(6-11)18(24)25/h1-7H,8H2,(H,16,19)(H,20,21). The highest BCUT2D eigenvalue weighted by molar-refractivity contribution is 5.95. The van der Waals surface area contributed by atoms with E-state index < -0.39 is 33.1 Å². The highest BCUT2D eigenvalue weighted by atomic mass is 16.6. The smallest absolute Gasteiger partial charge is 0.335 e. The van der Waals surface area contributed by atoms with Gasteiger partial charge in [-0.3, -0.25) is 25.0 Å². The van der Waals surface area contributed by atoms with Gasteiger partial charge in [-0.1, -0.05) is 12.1 Å². The lowest BCUT2D eigenvalue weighted by Gasteiger charge is -2.06. The molecular weight excluding hydrogens is 334 g/mol. The van der Waals surface area contributed by atoms with Crippen LogP contribution in [0.25, 0.3) is 0 Å². The van der Waals surface area contributed by atoms with Gasteiger partial charge in [-0.15, -0.1) is 0 Å². The molecule has 0 spiro atoms. The van der Waals surface area contributed by atoms with Gasteiger partial charge < -0.3 is 10.4 Å². The van der Waals surface area contributed by atoms with Crippen molar-refractivity contribution in [1.29, 1.82) is 0 Å². The molecule has 0 aromatic heterocycles. The molecule has 128 valence electrons. The lowest BCUT2D eigenvalue weighted by atomic mass is 10.1. The molecular formula is C15H11N3O7. The molecule has 0 fully saturated rings. The summed E-state index contributed by atoms with van der Waals surface area (Å²) in [5.74, 6) is -1.81. The van der Waals surface area contributed by atoms with Crippen LogP contribution in [0.5, 0.6) is 0 Å². The van der Waals surface area contributed by atoms with Crippen molar-refractivity contribution < 1.29 is 24.5 Å². The normalized spacial score (nSPS) is 10.1. The van der Waals surface area contributed by atoms with E-state index in [1.54, 1.807) is 0 Å². The predicted molar refractivity (Wildman–Crippen MR) is 84.3 cm³/mol. The summed E-state index contributed by atoms with van der Waals surface area (Å²) < 4.78 is 0. The van der Waals surface area contributed by atoms with Crippen molar-refractivity contribution in [3.8, 4) is 0 Å². The summed E-state index contributed by atoms with van der Waals surface area (Å²) in [5.41, 5.74) is -0.666. The van der Waals surface area contributed by atoms with E-state index in [1.807, 2.05) is 0 Å². The maximum absolute atomic E-state index is 12.1. The van der Waals surface area contributed by atoms with Crippen LogP contribution in [0, 0.1) is 20.2 Å². The maximum Gasteiger partial charge on any atom is 0.335 e. The fourth-order valence-electron chi connectivity index (χ4n) is 1.99. The number of amides is 1. The minimum Gasteiger partial charge on any atom is -0.478 e. The summed E-state index contributed by atoms with van der Waals surface area (Å²) in [6.07, 6.45) is 0. The van der Waals surface area contributed by atoms with E-state index in [1.165, 1.54) is 24.3 Å². The Kier molecular flexibility index (Phi) is 5.03. The molecule has 0 saturated heterocycles. The van der Waals surface area contributed by atoms with Crippen molar-refractivity contribution >= 4 is 23.3 Å². The lowest BCUT2D eigenvalue weighted by molar-refractivity contribution is -0.394. The molecule has 25 heavy (non-hydrogen) atoms. The Morgan fingerprint density at radius 3 is 1.88 bits per heavy atom. The third-order valence-electron chi connectivity index (χ3n) is 3.24. The van der Waals surface area contributed by atoms with Gasteiger partial charge >= 0.3 is 5.97 Å². The number of non-ortho nitro benzene ring substituents is 2. The molecule has 0 atom stereocenters. The summed E-state index contributed by atoms with van der Waals surface area (Å²) in [5, 5.41) is 32.9. The Morgan fingerprint density at radius 2 is 1.44 bits per heavy atom. The SMILES string of the molecule is O=C(O)c1ccc(CNC(=O)c2cc([N+](=O)[O-])cc([N+](=O)[O-])c2)cc1. The first-order valence-electron chi connectivity index (χ1n) is 6.82. The van der Waals surface area contributed by atoms with E-state index in [-0.39, 0.29) is 17.7 Å². The molecule has 0 unspecified atom stereocenters. The fraction of sp³-hybridized carbons (Fsp3) is 0.0667. The lowest BCUT2D eigenvalue weighted by Crippen LogP contribution is -2.23. The van der Waals surface area contributed by atoms with Crippen LogP contribution in [0.2, 0.25) is 0 Å². The van der Waals surface area contributed by atoms with Crippen LogP contribution < -0.4 is 5.32 Å². The van der Waals surface area contributed by atoms with Crippen LogP contribution in [0.1, 0.15) is 26.3 Å². The van der Waals surface area contributed by atoms with Crippen LogP contribution in [-0.4, -0.2) is 26.8 Å². The van der Waals surface area contributed by atoms with Gasteiger partial charge in [-0.2, -0.15) is 0 Å². The zero-order chi connectivity index (χ0) is 18.6. The van der Waals surface area contributed by atoms with E-state index in [0.717, 1.165) is 18.2 Å². The molecule has 0 bridgehead atoms. The molecule has 1 amide bonds. The number of carboxylic acids is 1. The second kappa shape index (κ2) is 7.17. The van der Waals surface area contributed by atoms with Gasteiger partial charge in [-0.25, -0.2) is 4.79 Å². The van der Waals surface area contributed by atoms with Gasteiger partial charge in [0.05, 0.1) is 27.0 Å². The number of carbonyl (C=O) groups is 2. The molecule has 2 aromatic rings. The molecule has 0 aliphatic rings. The predicted octanol–water partition coefficient (Wildman–Crippen LogP) is 2.13. The van der Waals surface area contributed by atoms with E-state index in [9.17, 15) is 29.8 Å². The number of nitro groups is 2. The average Bonchev–Trinajstić information content (AvgIpc) is 2.59. The Bertz CT molecular complexity index is 830. The van der Waals surface area contributed by atoms with Crippen LogP contribution in [0.4, 0.5) is 11.4 Å². The zero-order valence-corrected chi connectivity index (χ0v) is 12.5. The van der Waals surface area contributed by atoms with E-state index in [0.29, 0.717) is 5.56 Å². The van der Waals surface area contributed by atoms with Gasteiger partial charge in [-0.05, 0) is 17.7 Å². The molecule has 2 N–H and O–H groups in total. The summed E-state index contributed by atoms with van der Waals surface area (Å²) in [4.78, 5) is 42.8. The van der Waals surface area contributed by atoms with Crippen LogP contribution >= 0.6 is 0 Å². The number of rotatable bonds is 6. The Labute approximate surface area is 140 Å². The molecule has 2 aromatic carbocycles. The molecule has 10 nitrogen and oxygen atoms in total. The number of aromatic carboxylic acids is 1. The zero-order valence-electron chi connectivity index (χ0n) is 12.5. The number of hydrogen-bond donors (Lipinski definition) is 2. The van der Waals surface area contributed by atoms with Gasteiger partial charge in [0.1, 0.15) is 0 Å². The largest absolute Gasteiger partial charge is 0.478 e. The van der Waals surface area contributed by atoms with Crippen LogP contribution in [0.3, 0.4) is 0 Å². The maximum atomic E-state index is 12.1. The highest BCUT2D eigenvalue weighted by Gasteiger charge is 2.19. The Morgan fingerprint density at radius 1 is 0.920 bits per heavy atom. The number of benzene rings is 2. The fourth-order valence-corrected chi connectivity index (χ4v) is 1.99. The van der Waals surface area contributed by atoms with Gasteiger partial charge in [0.25, 0.3) is 17.3 Å². The second-order valence-electron chi connectivity index (χ2n) is 4.94. The van der Waals surface area contributed by atoms with Crippen molar-refractivity contribution in [3.05, 3.63) is 79.4 Å². The monoisotopic (exact) mass is 345 g/mol. The number of carboxylic acid groups (broad SMARTS) is 1. The summed E-state index contributed by atoms with van der Waals surface area (Å²) in [6, 6.07) is 8.37. The van der Waals surface area contributed by atoms with Gasteiger partial charge in [0.2, 0.25) is 0 Å². The highest BCUT2D eigenvalue weighted by Crippen LogP contribution is 2.22.